The minimum atomic E-state index is -4.70. The molecule has 2 aromatic rings. The third kappa shape index (κ3) is 3.52. The average Bonchev–Trinajstić information content (AvgIpc) is 2.91. The molecule has 0 saturated carbocycles. The molecule has 4 nitrogen and oxygen atoms in total. The number of anilines is 1. The summed E-state index contributed by atoms with van der Waals surface area (Å²) in [4.78, 5) is 15.1. The molecule has 2 N–H and O–H groups in total. The predicted molar refractivity (Wildman–Crippen MR) is 72.6 cm³/mol. The molecular formula is C13H11F3N2O2S. The Balaban J connectivity index is 2.30. The molecule has 1 aromatic carbocycles. The molecule has 0 radical (unpaired) electrons. The van der Waals surface area contributed by atoms with Gasteiger partial charge in [0.2, 0.25) is 0 Å². The molecule has 112 valence electrons. The van der Waals surface area contributed by atoms with Gasteiger partial charge in [0, 0.05) is 17.3 Å². The minimum absolute atomic E-state index is 0.233. The summed E-state index contributed by atoms with van der Waals surface area (Å²) in [5.74, 6) is -1.62. The highest BCUT2D eigenvalue weighted by Crippen LogP contribution is 2.34. The van der Waals surface area contributed by atoms with Crippen molar-refractivity contribution in [1.29, 1.82) is 0 Å². The van der Waals surface area contributed by atoms with E-state index in [0.29, 0.717) is 5.69 Å². The van der Waals surface area contributed by atoms with Gasteiger partial charge in [0.05, 0.1) is 17.2 Å². The number of carboxylic acids is 1. The number of halogens is 3. The Hall–Kier alpha value is -2.09. The molecule has 0 spiro atoms. The maximum atomic E-state index is 12.7. The quantitative estimate of drug-likeness (QED) is 0.894. The summed E-state index contributed by atoms with van der Waals surface area (Å²) >= 11 is 1.40. The second kappa shape index (κ2) is 5.72. The second-order valence-electron chi connectivity index (χ2n) is 4.30. The molecule has 0 bridgehead atoms. The summed E-state index contributed by atoms with van der Waals surface area (Å²) in [6, 6.07) is 2.72. The van der Waals surface area contributed by atoms with E-state index < -0.39 is 23.3 Å². The monoisotopic (exact) mass is 316 g/mol. The van der Waals surface area contributed by atoms with Crippen molar-refractivity contribution in [2.45, 2.75) is 19.1 Å². The highest BCUT2D eigenvalue weighted by Gasteiger charge is 2.35. The van der Waals surface area contributed by atoms with Crippen LogP contribution in [0.5, 0.6) is 0 Å². The van der Waals surface area contributed by atoms with Gasteiger partial charge in [0.25, 0.3) is 0 Å². The number of nitrogens with one attached hydrogen (secondary N) is 1. The van der Waals surface area contributed by atoms with Crippen LogP contribution in [0.4, 0.5) is 18.9 Å². The van der Waals surface area contributed by atoms with Gasteiger partial charge in [-0.2, -0.15) is 13.2 Å². The molecule has 0 amide bonds. The van der Waals surface area contributed by atoms with Gasteiger partial charge in [-0.1, -0.05) is 0 Å². The number of carboxylic acid groups (broad SMARTS) is 1. The maximum absolute atomic E-state index is 12.7. The van der Waals surface area contributed by atoms with E-state index in [1.54, 1.807) is 18.5 Å². The van der Waals surface area contributed by atoms with E-state index in [1.165, 1.54) is 17.4 Å². The van der Waals surface area contributed by atoms with E-state index >= 15 is 0 Å². The Bertz CT molecular complexity index is 641. The topological polar surface area (TPSA) is 62.2 Å². The first kappa shape index (κ1) is 15.3. The first-order chi connectivity index (χ1) is 9.79. The molecule has 21 heavy (non-hydrogen) atoms. The van der Waals surface area contributed by atoms with Crippen molar-refractivity contribution < 1.29 is 23.1 Å². The normalized spacial score (nSPS) is 13.0. The van der Waals surface area contributed by atoms with Crippen LogP contribution in [0.2, 0.25) is 0 Å². The van der Waals surface area contributed by atoms with Gasteiger partial charge in [-0.3, -0.25) is 0 Å². The lowest BCUT2D eigenvalue weighted by Crippen LogP contribution is -2.14. The number of hydrogen-bond donors (Lipinski definition) is 2. The van der Waals surface area contributed by atoms with Crippen LogP contribution >= 0.6 is 11.3 Å². The number of aromatic nitrogens is 1. The minimum Gasteiger partial charge on any atom is -0.478 e. The van der Waals surface area contributed by atoms with Crippen LogP contribution in [0.25, 0.3) is 0 Å². The van der Waals surface area contributed by atoms with E-state index in [1.807, 2.05) is 0 Å². The molecule has 1 aromatic heterocycles. The summed E-state index contributed by atoms with van der Waals surface area (Å²) in [6.45, 7) is 1.79. The fraction of sp³-hybridized carbons (Fsp3) is 0.231. The molecule has 1 unspecified atom stereocenters. The lowest BCUT2D eigenvalue weighted by molar-refractivity contribution is -0.138. The standard InChI is InChI=1S/C13H11F3N2O2S/c1-7(11-17-4-5-21-11)18-8-2-3-10(13(14,15)16)9(6-8)12(19)20/h2-7,18H,1H3,(H,19,20). The number of nitrogens with zero attached hydrogens (tertiary/aromatic N) is 1. The molecule has 0 aliphatic carbocycles. The smallest absolute Gasteiger partial charge is 0.417 e. The Morgan fingerprint density at radius 1 is 1.43 bits per heavy atom. The predicted octanol–water partition coefficient (Wildman–Crippen LogP) is 4.03. The van der Waals surface area contributed by atoms with Crippen LogP contribution in [-0.2, 0) is 6.18 Å². The number of rotatable bonds is 4. The second-order valence-corrected chi connectivity index (χ2v) is 5.23. The van der Waals surface area contributed by atoms with Crippen molar-refractivity contribution in [2.75, 3.05) is 5.32 Å². The molecule has 0 aliphatic rings. The largest absolute Gasteiger partial charge is 0.478 e. The SMILES string of the molecule is CC(Nc1ccc(C(F)(F)F)c(C(=O)O)c1)c1nccs1. The Morgan fingerprint density at radius 2 is 2.14 bits per heavy atom. The van der Waals surface area contributed by atoms with Crippen LogP contribution < -0.4 is 5.32 Å². The highest BCUT2D eigenvalue weighted by molar-refractivity contribution is 7.09. The summed E-state index contributed by atoms with van der Waals surface area (Å²) in [6.07, 6.45) is -3.08. The van der Waals surface area contributed by atoms with Gasteiger partial charge in [-0.25, -0.2) is 9.78 Å². The number of hydrogen-bond acceptors (Lipinski definition) is 4. The van der Waals surface area contributed by atoms with Crippen molar-refractivity contribution in [3.8, 4) is 0 Å². The number of alkyl halides is 3. The van der Waals surface area contributed by atoms with Crippen LogP contribution in [-0.4, -0.2) is 16.1 Å². The average molecular weight is 316 g/mol. The van der Waals surface area contributed by atoms with E-state index in [4.69, 9.17) is 5.11 Å². The van der Waals surface area contributed by atoms with Crippen molar-refractivity contribution in [3.05, 3.63) is 45.9 Å². The highest BCUT2D eigenvalue weighted by atomic mass is 32.1. The van der Waals surface area contributed by atoms with Crippen LogP contribution in [0.15, 0.2) is 29.8 Å². The summed E-state index contributed by atoms with van der Waals surface area (Å²) in [5, 5.41) is 14.4. The van der Waals surface area contributed by atoms with Crippen molar-refractivity contribution in [2.24, 2.45) is 0 Å². The van der Waals surface area contributed by atoms with Gasteiger partial charge in [0.15, 0.2) is 0 Å². The van der Waals surface area contributed by atoms with Crippen LogP contribution in [0.1, 0.15) is 33.9 Å². The van der Waals surface area contributed by atoms with E-state index in [9.17, 15) is 18.0 Å². The first-order valence-corrected chi connectivity index (χ1v) is 6.77. The fourth-order valence-electron chi connectivity index (χ4n) is 1.82. The lowest BCUT2D eigenvalue weighted by Gasteiger charge is -2.15. The van der Waals surface area contributed by atoms with E-state index in [2.05, 4.69) is 10.3 Å². The lowest BCUT2D eigenvalue weighted by atomic mass is 10.1. The van der Waals surface area contributed by atoms with Gasteiger partial charge in [-0.05, 0) is 25.1 Å². The fourth-order valence-corrected chi connectivity index (χ4v) is 2.46. The van der Waals surface area contributed by atoms with Crippen molar-refractivity contribution in [1.82, 2.24) is 4.98 Å². The third-order valence-corrected chi connectivity index (χ3v) is 3.72. The summed E-state index contributed by atoms with van der Waals surface area (Å²) in [5.41, 5.74) is -1.65. The van der Waals surface area contributed by atoms with Gasteiger partial charge in [-0.15, -0.1) is 11.3 Å². The molecule has 0 aliphatic heterocycles. The third-order valence-electron chi connectivity index (χ3n) is 2.76. The molecule has 0 saturated heterocycles. The zero-order valence-corrected chi connectivity index (χ0v) is 11.6. The number of aromatic carboxylic acids is 1. The maximum Gasteiger partial charge on any atom is 0.417 e. The zero-order chi connectivity index (χ0) is 15.6. The summed E-state index contributed by atoms with van der Waals surface area (Å²) < 4.78 is 38.2. The molecule has 8 heteroatoms. The number of thiazole rings is 1. The first-order valence-electron chi connectivity index (χ1n) is 5.89. The molecule has 1 heterocycles. The molecule has 2 rings (SSSR count). The Kier molecular flexibility index (Phi) is 4.17. The van der Waals surface area contributed by atoms with E-state index in [-0.39, 0.29) is 6.04 Å². The Labute approximate surface area is 122 Å². The van der Waals surface area contributed by atoms with Gasteiger partial charge < -0.3 is 10.4 Å². The Morgan fingerprint density at radius 3 is 2.67 bits per heavy atom. The van der Waals surface area contributed by atoms with Crippen molar-refractivity contribution >= 4 is 23.0 Å². The van der Waals surface area contributed by atoms with Crippen molar-refractivity contribution in [3.63, 3.8) is 0 Å². The summed E-state index contributed by atoms with van der Waals surface area (Å²) in [7, 11) is 0. The molecule has 1 atom stereocenters. The number of carbonyl (C=O) groups is 1. The number of benzene rings is 1. The molecule has 0 fully saturated rings. The van der Waals surface area contributed by atoms with Gasteiger partial charge in [0.1, 0.15) is 5.01 Å². The van der Waals surface area contributed by atoms with Gasteiger partial charge >= 0.3 is 12.1 Å². The van der Waals surface area contributed by atoms with Crippen LogP contribution in [0.3, 0.4) is 0 Å². The molecular weight excluding hydrogens is 305 g/mol. The van der Waals surface area contributed by atoms with E-state index in [0.717, 1.165) is 17.1 Å². The zero-order valence-electron chi connectivity index (χ0n) is 10.8. The van der Waals surface area contributed by atoms with Crippen LogP contribution in [0, 0.1) is 0 Å².